The van der Waals surface area contributed by atoms with Crippen LogP contribution >= 0.6 is 0 Å². The van der Waals surface area contributed by atoms with Gasteiger partial charge >= 0.3 is 6.09 Å². The third kappa shape index (κ3) is 4.06. The number of aryl methyl sites for hydroxylation is 1. The third-order valence-corrected chi connectivity index (χ3v) is 4.32. The molecule has 1 aliphatic rings. The highest BCUT2D eigenvalue weighted by atomic mass is 16.5. The Labute approximate surface area is 162 Å². The highest BCUT2D eigenvalue weighted by molar-refractivity contribution is 5.65. The molecule has 146 valence electrons. The Morgan fingerprint density at radius 3 is 2.79 bits per heavy atom. The lowest BCUT2D eigenvalue weighted by Gasteiger charge is -2.33. The van der Waals surface area contributed by atoms with Gasteiger partial charge < -0.3 is 19.3 Å². The van der Waals surface area contributed by atoms with Crippen molar-refractivity contribution in [3.63, 3.8) is 0 Å². The molecule has 9 nitrogen and oxygen atoms in total. The molecule has 0 spiro atoms. The van der Waals surface area contributed by atoms with Crippen LogP contribution in [0.15, 0.2) is 18.6 Å². The maximum Gasteiger partial charge on any atom is 0.410 e. The molecular formula is C19H20N4O5. The van der Waals surface area contributed by atoms with Crippen molar-refractivity contribution in [1.82, 2.24) is 19.9 Å². The molecule has 28 heavy (non-hydrogen) atoms. The monoisotopic (exact) mass is 384 g/mol. The number of pyridine rings is 1. The molecule has 3 rings (SSSR count). The normalized spacial score (nSPS) is 16.2. The summed E-state index contributed by atoms with van der Waals surface area (Å²) in [6, 6.07) is 1.72. The van der Waals surface area contributed by atoms with Gasteiger partial charge in [0.25, 0.3) is 0 Å². The standard InChI is InChI=1S/C19H20N4O5/c1-4-13-17(27-14-10-20-15(26-3)9-12(14)2)21-11-22-18(13)28-16-7-5-6-8-23(16)19(24)25/h1,9-11,16H,5-8H2,2-3H3,(H,24,25). The summed E-state index contributed by atoms with van der Waals surface area (Å²) in [7, 11) is 1.53. The summed E-state index contributed by atoms with van der Waals surface area (Å²) in [6.45, 7) is 2.23. The minimum Gasteiger partial charge on any atom is -0.481 e. The zero-order valence-electron chi connectivity index (χ0n) is 15.6. The first-order chi connectivity index (χ1) is 13.5. The first-order valence-electron chi connectivity index (χ1n) is 8.69. The number of ether oxygens (including phenoxy) is 3. The summed E-state index contributed by atoms with van der Waals surface area (Å²) in [5, 5.41) is 9.37. The average molecular weight is 384 g/mol. The van der Waals surface area contributed by atoms with Crippen molar-refractivity contribution in [2.45, 2.75) is 32.4 Å². The first kappa shape index (κ1) is 19.2. The predicted molar refractivity (Wildman–Crippen MR) is 98.6 cm³/mol. The second kappa shape index (κ2) is 8.43. The summed E-state index contributed by atoms with van der Waals surface area (Å²) in [5.41, 5.74) is 0.980. The van der Waals surface area contributed by atoms with E-state index in [1.54, 1.807) is 6.07 Å². The van der Waals surface area contributed by atoms with Crippen LogP contribution in [-0.2, 0) is 0 Å². The molecule has 9 heteroatoms. The number of carboxylic acid groups (broad SMARTS) is 1. The molecule has 2 aromatic heterocycles. The lowest BCUT2D eigenvalue weighted by atomic mass is 10.1. The summed E-state index contributed by atoms with van der Waals surface area (Å²) in [6.07, 6.45) is 8.88. The Hall–Kier alpha value is -3.54. The van der Waals surface area contributed by atoms with Gasteiger partial charge in [-0.15, -0.1) is 6.42 Å². The SMILES string of the molecule is C#Cc1c(Oc2cnc(OC)cc2C)ncnc1OC1CCCCN1C(=O)O. The smallest absolute Gasteiger partial charge is 0.410 e. The second-order valence-corrected chi connectivity index (χ2v) is 6.14. The Morgan fingerprint density at radius 2 is 2.11 bits per heavy atom. The molecule has 0 radical (unpaired) electrons. The summed E-state index contributed by atoms with van der Waals surface area (Å²) in [5.74, 6) is 3.61. The van der Waals surface area contributed by atoms with Crippen LogP contribution in [0, 0.1) is 19.3 Å². The second-order valence-electron chi connectivity index (χ2n) is 6.14. The predicted octanol–water partition coefficient (Wildman–Crippen LogP) is 2.83. The number of aromatic nitrogens is 3. The van der Waals surface area contributed by atoms with E-state index in [0.717, 1.165) is 18.4 Å². The fourth-order valence-corrected chi connectivity index (χ4v) is 2.86. The molecular weight excluding hydrogens is 364 g/mol. The van der Waals surface area contributed by atoms with Gasteiger partial charge in [0.05, 0.1) is 13.3 Å². The van der Waals surface area contributed by atoms with Crippen LogP contribution in [0.5, 0.6) is 23.4 Å². The number of hydrogen-bond acceptors (Lipinski definition) is 7. The molecule has 1 saturated heterocycles. The summed E-state index contributed by atoms with van der Waals surface area (Å²) < 4.78 is 16.7. The van der Waals surface area contributed by atoms with Crippen LogP contribution in [0.1, 0.15) is 30.4 Å². The molecule has 1 fully saturated rings. The van der Waals surface area contributed by atoms with Crippen LogP contribution in [0.2, 0.25) is 0 Å². The molecule has 1 N–H and O–H groups in total. The van der Waals surface area contributed by atoms with E-state index in [9.17, 15) is 9.90 Å². The fourth-order valence-electron chi connectivity index (χ4n) is 2.86. The Bertz CT molecular complexity index is 912. The number of piperidine rings is 1. The molecule has 1 atom stereocenters. The highest BCUT2D eigenvalue weighted by Crippen LogP contribution is 2.31. The van der Waals surface area contributed by atoms with Crippen molar-refractivity contribution in [2.75, 3.05) is 13.7 Å². The van der Waals surface area contributed by atoms with Crippen molar-refractivity contribution in [2.24, 2.45) is 0 Å². The van der Waals surface area contributed by atoms with Crippen LogP contribution in [0.3, 0.4) is 0 Å². The minimum absolute atomic E-state index is 0.102. The van der Waals surface area contributed by atoms with Gasteiger partial charge in [-0.2, -0.15) is 0 Å². The highest BCUT2D eigenvalue weighted by Gasteiger charge is 2.29. The van der Waals surface area contributed by atoms with E-state index in [0.29, 0.717) is 24.6 Å². The van der Waals surface area contributed by atoms with Crippen LogP contribution in [0.4, 0.5) is 4.79 Å². The Kier molecular flexibility index (Phi) is 5.79. The largest absolute Gasteiger partial charge is 0.481 e. The van der Waals surface area contributed by atoms with Crippen molar-refractivity contribution < 1.29 is 24.1 Å². The van der Waals surface area contributed by atoms with Gasteiger partial charge in [0.15, 0.2) is 12.0 Å². The quantitative estimate of drug-likeness (QED) is 0.784. The number of methoxy groups -OCH3 is 1. The van der Waals surface area contributed by atoms with Gasteiger partial charge in [0.1, 0.15) is 11.9 Å². The minimum atomic E-state index is -1.04. The molecule has 2 aromatic rings. The van der Waals surface area contributed by atoms with E-state index in [-0.39, 0.29) is 17.3 Å². The number of carbonyl (C=O) groups is 1. The Balaban J connectivity index is 1.87. The maximum atomic E-state index is 11.4. The Morgan fingerprint density at radius 1 is 1.32 bits per heavy atom. The van der Waals surface area contributed by atoms with Crippen LogP contribution < -0.4 is 14.2 Å². The number of nitrogens with zero attached hydrogens (tertiary/aromatic N) is 4. The number of amides is 1. The molecule has 1 unspecified atom stereocenters. The number of terminal acetylenes is 1. The number of rotatable bonds is 5. The van der Waals surface area contributed by atoms with Gasteiger partial charge in [-0.25, -0.2) is 19.7 Å². The molecule has 1 amide bonds. The van der Waals surface area contributed by atoms with Gasteiger partial charge in [-0.3, -0.25) is 4.90 Å². The lowest BCUT2D eigenvalue weighted by Crippen LogP contribution is -2.46. The van der Waals surface area contributed by atoms with E-state index in [4.69, 9.17) is 20.6 Å². The zero-order valence-corrected chi connectivity index (χ0v) is 15.6. The fraction of sp³-hybridized carbons (Fsp3) is 0.368. The van der Waals surface area contributed by atoms with Crippen molar-refractivity contribution >= 4 is 6.09 Å². The van der Waals surface area contributed by atoms with E-state index in [1.165, 1.54) is 24.5 Å². The number of likely N-dealkylation sites (tertiary alicyclic amines) is 1. The van der Waals surface area contributed by atoms with E-state index >= 15 is 0 Å². The molecule has 3 heterocycles. The van der Waals surface area contributed by atoms with Crippen LogP contribution in [-0.4, -0.2) is 50.9 Å². The van der Waals surface area contributed by atoms with E-state index < -0.39 is 12.3 Å². The molecule has 1 aliphatic heterocycles. The summed E-state index contributed by atoms with van der Waals surface area (Å²) >= 11 is 0. The van der Waals surface area contributed by atoms with Gasteiger partial charge in [0, 0.05) is 19.0 Å². The van der Waals surface area contributed by atoms with E-state index in [1.807, 2.05) is 6.92 Å². The topological polar surface area (TPSA) is 107 Å². The molecule has 0 aromatic carbocycles. The summed E-state index contributed by atoms with van der Waals surface area (Å²) in [4.78, 5) is 25.0. The zero-order chi connectivity index (χ0) is 20.1. The molecule has 0 saturated carbocycles. The maximum absolute atomic E-state index is 11.4. The third-order valence-electron chi connectivity index (χ3n) is 4.32. The van der Waals surface area contributed by atoms with Crippen LogP contribution in [0.25, 0.3) is 0 Å². The van der Waals surface area contributed by atoms with Gasteiger partial charge in [0.2, 0.25) is 17.6 Å². The number of hydrogen-bond donors (Lipinski definition) is 1. The average Bonchev–Trinajstić information content (AvgIpc) is 2.70. The van der Waals surface area contributed by atoms with Gasteiger partial charge in [-0.1, -0.05) is 5.92 Å². The van der Waals surface area contributed by atoms with E-state index in [2.05, 4.69) is 20.9 Å². The van der Waals surface area contributed by atoms with Crippen molar-refractivity contribution in [3.8, 4) is 35.7 Å². The van der Waals surface area contributed by atoms with Crippen molar-refractivity contribution in [1.29, 1.82) is 0 Å². The molecule has 0 aliphatic carbocycles. The van der Waals surface area contributed by atoms with Crippen molar-refractivity contribution in [3.05, 3.63) is 29.7 Å². The molecule has 0 bridgehead atoms. The van der Waals surface area contributed by atoms with Gasteiger partial charge in [-0.05, 0) is 25.3 Å². The lowest BCUT2D eigenvalue weighted by molar-refractivity contribution is 0.00301. The first-order valence-corrected chi connectivity index (χ1v) is 8.69.